The Balaban J connectivity index is 2.13. The average Bonchev–Trinajstić information content (AvgIpc) is 2.81. The first kappa shape index (κ1) is 20.4. The molecule has 7 heteroatoms. The minimum absolute atomic E-state index is 0.198. The van der Waals surface area contributed by atoms with Crippen molar-refractivity contribution in [1.82, 2.24) is 9.13 Å². The number of aromatic nitrogens is 2. The van der Waals surface area contributed by atoms with Crippen LogP contribution in [0.15, 0.2) is 75.8 Å². The van der Waals surface area contributed by atoms with Crippen LogP contribution in [0.3, 0.4) is 0 Å². The fraction of sp³-hybridized carbons (Fsp3) is 0.208. The minimum atomic E-state index is -0.697. The molecule has 1 unspecified atom stereocenters. The number of benzene rings is 2. The lowest BCUT2D eigenvalue weighted by Gasteiger charge is -2.32. The van der Waals surface area contributed by atoms with Crippen LogP contribution in [0.1, 0.15) is 29.5 Å². The molecule has 31 heavy (non-hydrogen) atoms. The van der Waals surface area contributed by atoms with Gasteiger partial charge in [0.15, 0.2) is 0 Å². The number of rotatable bonds is 4. The van der Waals surface area contributed by atoms with E-state index in [0.29, 0.717) is 22.7 Å². The molecule has 1 atom stereocenters. The van der Waals surface area contributed by atoms with Crippen LogP contribution in [0.5, 0.6) is 0 Å². The first-order valence-electron chi connectivity index (χ1n) is 10.0. The van der Waals surface area contributed by atoms with Crippen LogP contribution in [0.4, 0.5) is 5.82 Å². The summed E-state index contributed by atoms with van der Waals surface area (Å²) in [4.78, 5) is 39.1. The number of nitrogens with zero attached hydrogens (tertiary/aromatic N) is 2. The van der Waals surface area contributed by atoms with Gasteiger partial charge in [-0.25, -0.2) is 9.59 Å². The molecular weight excluding hydrogens is 394 g/mol. The van der Waals surface area contributed by atoms with E-state index in [2.05, 4.69) is 5.32 Å². The summed E-state index contributed by atoms with van der Waals surface area (Å²) in [7, 11) is 3.04. The summed E-state index contributed by atoms with van der Waals surface area (Å²) in [5.41, 5.74) is 1.80. The molecule has 2 heterocycles. The first-order chi connectivity index (χ1) is 15.0. The van der Waals surface area contributed by atoms with Crippen molar-refractivity contribution in [3.8, 4) is 0 Å². The monoisotopic (exact) mass is 417 g/mol. The van der Waals surface area contributed by atoms with Crippen molar-refractivity contribution < 1.29 is 9.53 Å². The lowest BCUT2D eigenvalue weighted by atomic mass is 9.81. The van der Waals surface area contributed by atoms with Crippen molar-refractivity contribution in [2.45, 2.75) is 12.8 Å². The molecule has 7 nitrogen and oxygen atoms in total. The molecule has 2 aromatic carbocycles. The average molecular weight is 417 g/mol. The van der Waals surface area contributed by atoms with Crippen LogP contribution in [0.2, 0.25) is 0 Å². The van der Waals surface area contributed by atoms with Crippen molar-refractivity contribution in [2.75, 3.05) is 11.9 Å². The van der Waals surface area contributed by atoms with E-state index in [4.69, 9.17) is 4.74 Å². The normalized spacial score (nSPS) is 15.3. The summed E-state index contributed by atoms with van der Waals surface area (Å²) in [5.74, 6) is -0.838. The highest BCUT2D eigenvalue weighted by molar-refractivity contribution is 6.04. The number of ether oxygens (including phenoxy) is 1. The lowest BCUT2D eigenvalue weighted by Crippen LogP contribution is -2.43. The number of anilines is 1. The largest absolute Gasteiger partial charge is 0.463 e. The molecule has 0 saturated heterocycles. The molecule has 3 aromatic rings. The Morgan fingerprint density at radius 2 is 1.58 bits per heavy atom. The molecule has 0 bridgehead atoms. The highest BCUT2D eigenvalue weighted by Crippen LogP contribution is 2.42. The molecular formula is C24H23N3O4. The summed E-state index contributed by atoms with van der Waals surface area (Å²) < 4.78 is 7.87. The summed E-state index contributed by atoms with van der Waals surface area (Å²) in [6.45, 7) is 1.94. The third-order valence-corrected chi connectivity index (χ3v) is 5.48. The Labute approximate surface area is 179 Å². The standard InChI is InChI=1S/C24H23N3O4/c1-4-31-23(29)18-17(15-11-7-5-8-12-15)19-21(26(2)24(30)27(3)22(19)28)25-20(18)16-13-9-6-10-14-16/h5-14,17,25H,4H2,1-3H3. The maximum absolute atomic E-state index is 13.3. The van der Waals surface area contributed by atoms with E-state index in [1.807, 2.05) is 60.7 Å². The molecule has 4 rings (SSSR count). The maximum Gasteiger partial charge on any atom is 0.337 e. The van der Waals surface area contributed by atoms with Crippen molar-refractivity contribution in [1.29, 1.82) is 0 Å². The second-order valence-electron chi connectivity index (χ2n) is 7.31. The van der Waals surface area contributed by atoms with E-state index in [9.17, 15) is 14.4 Å². The van der Waals surface area contributed by atoms with E-state index in [1.165, 1.54) is 11.6 Å². The summed E-state index contributed by atoms with van der Waals surface area (Å²) in [6.07, 6.45) is 0. The van der Waals surface area contributed by atoms with Gasteiger partial charge in [-0.2, -0.15) is 0 Å². The minimum Gasteiger partial charge on any atom is -0.463 e. The molecule has 1 aliphatic heterocycles. The van der Waals surface area contributed by atoms with Gasteiger partial charge in [-0.15, -0.1) is 0 Å². The van der Waals surface area contributed by atoms with Crippen LogP contribution >= 0.6 is 0 Å². The molecule has 0 amide bonds. The van der Waals surface area contributed by atoms with Gasteiger partial charge in [0, 0.05) is 14.1 Å². The Kier molecular flexibility index (Phi) is 5.33. The second-order valence-corrected chi connectivity index (χ2v) is 7.31. The summed E-state index contributed by atoms with van der Waals surface area (Å²) in [6, 6.07) is 18.7. The van der Waals surface area contributed by atoms with E-state index in [1.54, 1.807) is 14.0 Å². The van der Waals surface area contributed by atoms with Crippen LogP contribution < -0.4 is 16.6 Å². The van der Waals surface area contributed by atoms with Gasteiger partial charge in [-0.05, 0) is 18.1 Å². The van der Waals surface area contributed by atoms with Gasteiger partial charge in [0.25, 0.3) is 5.56 Å². The third-order valence-electron chi connectivity index (χ3n) is 5.48. The molecule has 0 fully saturated rings. The topological polar surface area (TPSA) is 82.3 Å². The Morgan fingerprint density at radius 1 is 0.968 bits per heavy atom. The Morgan fingerprint density at radius 3 is 2.19 bits per heavy atom. The maximum atomic E-state index is 13.3. The smallest absolute Gasteiger partial charge is 0.337 e. The molecule has 0 radical (unpaired) electrons. The number of fused-ring (bicyclic) bond motifs is 1. The van der Waals surface area contributed by atoms with Gasteiger partial charge in [0.05, 0.1) is 29.4 Å². The van der Waals surface area contributed by atoms with E-state index in [0.717, 1.165) is 15.7 Å². The predicted molar refractivity (Wildman–Crippen MR) is 119 cm³/mol. The van der Waals surface area contributed by atoms with Gasteiger partial charge in [-0.1, -0.05) is 60.7 Å². The van der Waals surface area contributed by atoms with E-state index < -0.39 is 23.1 Å². The molecule has 158 valence electrons. The summed E-state index contributed by atoms with van der Waals surface area (Å²) in [5, 5.41) is 3.21. The number of carbonyl (C=O) groups excluding carboxylic acids is 1. The zero-order valence-electron chi connectivity index (χ0n) is 17.6. The van der Waals surface area contributed by atoms with Crippen molar-refractivity contribution in [3.63, 3.8) is 0 Å². The Bertz CT molecular complexity index is 1290. The highest BCUT2D eigenvalue weighted by atomic mass is 16.5. The fourth-order valence-electron chi connectivity index (χ4n) is 4.00. The van der Waals surface area contributed by atoms with Crippen molar-refractivity contribution in [2.24, 2.45) is 14.1 Å². The van der Waals surface area contributed by atoms with Crippen LogP contribution in [-0.2, 0) is 23.6 Å². The molecule has 1 aromatic heterocycles. The molecule has 0 saturated carbocycles. The molecule has 0 spiro atoms. The van der Waals surface area contributed by atoms with E-state index >= 15 is 0 Å². The fourth-order valence-corrected chi connectivity index (χ4v) is 4.00. The summed E-state index contributed by atoms with van der Waals surface area (Å²) >= 11 is 0. The van der Waals surface area contributed by atoms with Crippen LogP contribution in [0, 0.1) is 0 Å². The van der Waals surface area contributed by atoms with Gasteiger partial charge in [0.2, 0.25) is 0 Å². The zero-order valence-corrected chi connectivity index (χ0v) is 17.6. The van der Waals surface area contributed by atoms with Gasteiger partial charge < -0.3 is 10.1 Å². The lowest BCUT2D eigenvalue weighted by molar-refractivity contribution is -0.138. The molecule has 1 aliphatic rings. The predicted octanol–water partition coefficient (Wildman–Crippen LogP) is 2.62. The number of esters is 1. The van der Waals surface area contributed by atoms with Gasteiger partial charge >= 0.3 is 11.7 Å². The van der Waals surface area contributed by atoms with Gasteiger partial charge in [0.1, 0.15) is 5.82 Å². The number of hydrogen-bond acceptors (Lipinski definition) is 5. The number of nitrogens with one attached hydrogen (secondary N) is 1. The van der Waals surface area contributed by atoms with Crippen LogP contribution in [-0.4, -0.2) is 21.7 Å². The Hall–Kier alpha value is -3.87. The van der Waals surface area contributed by atoms with Crippen molar-refractivity contribution in [3.05, 3.63) is 104 Å². The number of carbonyl (C=O) groups is 1. The van der Waals surface area contributed by atoms with Crippen molar-refractivity contribution >= 4 is 17.5 Å². The second kappa shape index (κ2) is 8.10. The zero-order chi connectivity index (χ0) is 22.1. The quantitative estimate of drug-likeness (QED) is 0.660. The SMILES string of the molecule is CCOC(=O)C1=C(c2ccccc2)Nc2c(c(=O)n(C)c(=O)n2C)C1c1ccccc1. The first-order valence-corrected chi connectivity index (χ1v) is 10.0. The van der Waals surface area contributed by atoms with Gasteiger partial charge in [-0.3, -0.25) is 13.9 Å². The van der Waals surface area contributed by atoms with E-state index in [-0.39, 0.29) is 6.61 Å². The highest BCUT2D eigenvalue weighted by Gasteiger charge is 2.38. The molecule has 0 aliphatic carbocycles. The molecule has 1 N–H and O–H groups in total. The third kappa shape index (κ3) is 3.38. The van der Waals surface area contributed by atoms with Crippen LogP contribution in [0.25, 0.3) is 5.70 Å². The number of hydrogen-bond donors (Lipinski definition) is 1.